The first kappa shape index (κ1) is 14.3. The van der Waals surface area contributed by atoms with Crippen molar-refractivity contribution >= 4 is 16.5 Å². The largest absolute Gasteiger partial charge is 0.346 e. The minimum Gasteiger partial charge on any atom is -0.346 e. The average molecular weight is 294 g/mol. The van der Waals surface area contributed by atoms with Gasteiger partial charge >= 0.3 is 0 Å². The van der Waals surface area contributed by atoms with Crippen LogP contribution in [0.1, 0.15) is 32.6 Å². The highest BCUT2D eigenvalue weighted by molar-refractivity contribution is 7.13. The second kappa shape index (κ2) is 6.87. The van der Waals surface area contributed by atoms with E-state index < -0.39 is 0 Å². The molecule has 0 radical (unpaired) electrons. The molecule has 1 aliphatic carbocycles. The molecule has 0 bridgehead atoms. The van der Waals surface area contributed by atoms with Gasteiger partial charge in [-0.2, -0.15) is 0 Å². The van der Waals surface area contributed by atoms with Gasteiger partial charge in [-0.15, -0.1) is 11.3 Å². The number of piperazine rings is 1. The average Bonchev–Trinajstić information content (AvgIpc) is 3.14. The summed E-state index contributed by atoms with van der Waals surface area (Å²) in [7, 11) is 0. The Morgan fingerprint density at radius 3 is 2.80 bits per heavy atom. The molecule has 0 spiro atoms. The SMILES string of the molecule is CC(CCCNC1CC1)N1CCN(c2nccs2)CC1. The van der Waals surface area contributed by atoms with Crippen molar-refractivity contribution in [1.29, 1.82) is 0 Å². The lowest BCUT2D eigenvalue weighted by Gasteiger charge is -2.38. The molecule has 1 aliphatic heterocycles. The van der Waals surface area contributed by atoms with Gasteiger partial charge in [0.1, 0.15) is 0 Å². The van der Waals surface area contributed by atoms with E-state index in [0.29, 0.717) is 0 Å². The zero-order valence-corrected chi connectivity index (χ0v) is 13.2. The van der Waals surface area contributed by atoms with Crippen LogP contribution < -0.4 is 10.2 Å². The molecule has 112 valence electrons. The highest BCUT2D eigenvalue weighted by Gasteiger charge is 2.23. The fourth-order valence-electron chi connectivity index (χ4n) is 2.90. The number of nitrogens with one attached hydrogen (secondary N) is 1. The summed E-state index contributed by atoms with van der Waals surface area (Å²) in [5.41, 5.74) is 0. The fourth-order valence-corrected chi connectivity index (χ4v) is 3.60. The quantitative estimate of drug-likeness (QED) is 0.781. The summed E-state index contributed by atoms with van der Waals surface area (Å²) in [6.07, 6.45) is 7.33. The lowest BCUT2D eigenvalue weighted by atomic mass is 10.1. The van der Waals surface area contributed by atoms with Crippen molar-refractivity contribution in [3.05, 3.63) is 11.6 Å². The Morgan fingerprint density at radius 1 is 1.35 bits per heavy atom. The molecule has 0 amide bonds. The number of hydrogen-bond acceptors (Lipinski definition) is 5. The van der Waals surface area contributed by atoms with Crippen LogP contribution in [0.5, 0.6) is 0 Å². The maximum Gasteiger partial charge on any atom is 0.185 e. The first-order chi connectivity index (χ1) is 9.83. The molecule has 3 rings (SSSR count). The van der Waals surface area contributed by atoms with Crippen molar-refractivity contribution in [2.75, 3.05) is 37.6 Å². The highest BCUT2D eigenvalue weighted by atomic mass is 32.1. The van der Waals surface area contributed by atoms with Crippen LogP contribution >= 0.6 is 11.3 Å². The number of hydrogen-bond donors (Lipinski definition) is 1. The molecule has 0 aromatic carbocycles. The Hall–Kier alpha value is -0.650. The third-order valence-corrected chi connectivity index (χ3v) is 5.27. The van der Waals surface area contributed by atoms with Gasteiger partial charge in [0, 0.05) is 49.8 Å². The molecule has 4 nitrogen and oxygen atoms in total. The molecule has 1 aromatic rings. The normalized spacial score (nSPS) is 22.1. The van der Waals surface area contributed by atoms with E-state index in [1.54, 1.807) is 11.3 Å². The molecule has 20 heavy (non-hydrogen) atoms. The van der Waals surface area contributed by atoms with E-state index in [1.807, 2.05) is 6.20 Å². The summed E-state index contributed by atoms with van der Waals surface area (Å²) in [5, 5.41) is 6.86. The van der Waals surface area contributed by atoms with E-state index in [0.717, 1.165) is 25.2 Å². The first-order valence-electron chi connectivity index (χ1n) is 7.95. The van der Waals surface area contributed by atoms with Crippen molar-refractivity contribution in [2.24, 2.45) is 0 Å². The van der Waals surface area contributed by atoms with Crippen LogP contribution in [0.15, 0.2) is 11.6 Å². The van der Waals surface area contributed by atoms with Gasteiger partial charge in [0.25, 0.3) is 0 Å². The van der Waals surface area contributed by atoms with Crippen LogP contribution in [0.4, 0.5) is 5.13 Å². The zero-order valence-electron chi connectivity index (χ0n) is 12.4. The monoisotopic (exact) mass is 294 g/mol. The Labute approximate surface area is 126 Å². The minimum atomic E-state index is 0.717. The van der Waals surface area contributed by atoms with Crippen molar-refractivity contribution < 1.29 is 0 Å². The van der Waals surface area contributed by atoms with Gasteiger partial charge < -0.3 is 10.2 Å². The van der Waals surface area contributed by atoms with E-state index >= 15 is 0 Å². The van der Waals surface area contributed by atoms with Crippen LogP contribution in [-0.4, -0.2) is 54.7 Å². The van der Waals surface area contributed by atoms with Gasteiger partial charge in [0.15, 0.2) is 5.13 Å². The molecule has 1 unspecified atom stereocenters. The van der Waals surface area contributed by atoms with Crippen LogP contribution in [-0.2, 0) is 0 Å². The van der Waals surface area contributed by atoms with Gasteiger partial charge in [0.2, 0.25) is 0 Å². The van der Waals surface area contributed by atoms with Crippen LogP contribution in [0, 0.1) is 0 Å². The summed E-state index contributed by atoms with van der Waals surface area (Å²) in [5.74, 6) is 0. The van der Waals surface area contributed by atoms with Crippen molar-refractivity contribution in [3.63, 3.8) is 0 Å². The number of aromatic nitrogens is 1. The molecule has 2 heterocycles. The molecule has 2 aliphatic rings. The summed E-state index contributed by atoms with van der Waals surface area (Å²) >= 11 is 1.75. The van der Waals surface area contributed by atoms with Crippen LogP contribution in [0.3, 0.4) is 0 Å². The fraction of sp³-hybridized carbons (Fsp3) is 0.800. The van der Waals surface area contributed by atoms with Gasteiger partial charge in [-0.05, 0) is 39.2 Å². The van der Waals surface area contributed by atoms with E-state index in [4.69, 9.17) is 0 Å². The van der Waals surface area contributed by atoms with Gasteiger partial charge in [-0.3, -0.25) is 4.90 Å². The number of nitrogens with zero attached hydrogens (tertiary/aromatic N) is 3. The number of thiazole rings is 1. The van der Waals surface area contributed by atoms with Gasteiger partial charge in [-0.1, -0.05) is 0 Å². The molecular weight excluding hydrogens is 268 g/mol. The highest BCUT2D eigenvalue weighted by Crippen LogP contribution is 2.21. The van der Waals surface area contributed by atoms with E-state index in [1.165, 1.54) is 50.4 Å². The predicted octanol–water partition coefficient (Wildman–Crippen LogP) is 2.19. The Balaban J connectivity index is 1.34. The lowest BCUT2D eigenvalue weighted by molar-refractivity contribution is 0.186. The summed E-state index contributed by atoms with van der Waals surface area (Å²) in [6, 6.07) is 1.57. The number of anilines is 1. The smallest absolute Gasteiger partial charge is 0.185 e. The van der Waals surface area contributed by atoms with Gasteiger partial charge in [0.05, 0.1) is 0 Å². The van der Waals surface area contributed by atoms with Crippen molar-refractivity contribution in [2.45, 2.75) is 44.7 Å². The maximum atomic E-state index is 4.41. The van der Waals surface area contributed by atoms with Gasteiger partial charge in [-0.25, -0.2) is 4.98 Å². The molecule has 1 N–H and O–H groups in total. The topological polar surface area (TPSA) is 31.4 Å². The third kappa shape index (κ3) is 3.93. The third-order valence-electron chi connectivity index (χ3n) is 4.44. The van der Waals surface area contributed by atoms with Crippen molar-refractivity contribution in [1.82, 2.24) is 15.2 Å². The predicted molar refractivity (Wildman–Crippen MR) is 85.6 cm³/mol. The second-order valence-corrected chi connectivity index (χ2v) is 6.93. The Bertz CT molecular complexity index is 383. The molecule has 1 aromatic heterocycles. The Morgan fingerprint density at radius 2 is 2.15 bits per heavy atom. The molecule has 1 saturated heterocycles. The van der Waals surface area contributed by atoms with E-state index in [-0.39, 0.29) is 0 Å². The van der Waals surface area contributed by atoms with E-state index in [2.05, 4.69) is 32.4 Å². The van der Waals surface area contributed by atoms with Crippen LogP contribution in [0.2, 0.25) is 0 Å². The second-order valence-electron chi connectivity index (χ2n) is 6.06. The first-order valence-corrected chi connectivity index (χ1v) is 8.83. The van der Waals surface area contributed by atoms with Crippen LogP contribution in [0.25, 0.3) is 0 Å². The Kier molecular flexibility index (Phi) is 4.91. The van der Waals surface area contributed by atoms with E-state index in [9.17, 15) is 0 Å². The molecule has 1 saturated carbocycles. The maximum absolute atomic E-state index is 4.41. The molecule has 5 heteroatoms. The molecular formula is C15H26N4S. The summed E-state index contributed by atoms with van der Waals surface area (Å²) in [4.78, 5) is 9.47. The molecule has 1 atom stereocenters. The zero-order chi connectivity index (χ0) is 13.8. The summed E-state index contributed by atoms with van der Waals surface area (Å²) in [6.45, 7) is 8.19. The lowest BCUT2D eigenvalue weighted by Crippen LogP contribution is -2.49. The molecule has 2 fully saturated rings. The minimum absolute atomic E-state index is 0.717. The summed E-state index contributed by atoms with van der Waals surface area (Å²) < 4.78 is 0. The standard InChI is InChI=1S/C15H26N4S/c1-13(3-2-6-16-14-4-5-14)18-8-10-19(11-9-18)15-17-7-12-20-15/h7,12-14,16H,2-6,8-11H2,1H3. The van der Waals surface area contributed by atoms with Crippen molar-refractivity contribution in [3.8, 4) is 0 Å². The number of rotatable bonds is 7.